The minimum Gasteiger partial charge on any atom is -0.380 e. The summed E-state index contributed by atoms with van der Waals surface area (Å²) in [5.74, 6) is 0. The van der Waals surface area contributed by atoms with Crippen LogP contribution in [0.25, 0.3) is 90.4 Å². The van der Waals surface area contributed by atoms with Crippen molar-refractivity contribution in [1.29, 1.82) is 0 Å². The van der Waals surface area contributed by atoms with Gasteiger partial charge in [-0.15, -0.1) is 0 Å². The molecule has 7 aromatic rings. The van der Waals surface area contributed by atoms with Crippen molar-refractivity contribution in [2.75, 3.05) is 13.7 Å². The number of aromatic amines is 2. The minimum atomic E-state index is 0.414. The molecule has 244 valence electrons. The van der Waals surface area contributed by atoms with E-state index in [-0.39, 0.29) is 0 Å². The van der Waals surface area contributed by atoms with Gasteiger partial charge < -0.3 is 14.7 Å². The van der Waals surface area contributed by atoms with E-state index in [1.165, 1.54) is 0 Å². The first kappa shape index (κ1) is 30.5. The molecule has 51 heavy (non-hydrogen) atoms. The number of benzene rings is 4. The lowest BCUT2D eigenvalue weighted by Gasteiger charge is -2.08. The quantitative estimate of drug-likeness (QED) is 0.187. The molecule has 4 aromatic carbocycles. The van der Waals surface area contributed by atoms with Crippen molar-refractivity contribution in [2.24, 2.45) is 0 Å². The number of fused-ring (bicyclic) bond motifs is 8. The molecule has 8 bridgehead atoms. The molecule has 0 amide bonds. The Balaban J connectivity index is 1.51. The van der Waals surface area contributed by atoms with Gasteiger partial charge in [-0.2, -0.15) is 0 Å². The van der Waals surface area contributed by atoms with Crippen LogP contribution in [0.15, 0.2) is 146 Å². The summed E-state index contributed by atoms with van der Waals surface area (Å²) >= 11 is 0. The maximum atomic E-state index is 5.83. The Morgan fingerprint density at radius 1 is 0.431 bits per heavy atom. The molecule has 9 rings (SSSR count). The summed E-state index contributed by atoms with van der Waals surface area (Å²) in [6.45, 7) is 0.414. The van der Waals surface area contributed by atoms with Gasteiger partial charge in [-0.05, 0) is 64.7 Å². The van der Waals surface area contributed by atoms with Crippen molar-refractivity contribution in [3.05, 3.63) is 168 Å². The molecule has 2 aliphatic heterocycles. The summed E-state index contributed by atoms with van der Waals surface area (Å²) in [4.78, 5) is 18.5. The minimum absolute atomic E-state index is 0.414. The number of hydrogen-bond donors (Lipinski definition) is 2. The predicted octanol–water partition coefficient (Wildman–Crippen LogP) is 11.3. The van der Waals surface area contributed by atoms with Crippen molar-refractivity contribution in [1.82, 2.24) is 19.9 Å². The number of aromatic nitrogens is 4. The second-order valence-corrected chi connectivity index (χ2v) is 12.7. The standard InChI is InChI=1S/C46H34N4O/c1-51-29-34-28-41-44(32-18-10-4-11-19-32)39-25-24-37(48-39)42(30-14-6-2-7-15-30)35-22-23-36(47-35)43(31-16-8-3-9-17-31)38-26-27-40(49-38)45(46(34)50-41)33-20-12-5-13-21-33/h2-28,48-49H,29H2,1H3. The zero-order valence-electron chi connectivity index (χ0n) is 28.1. The van der Waals surface area contributed by atoms with E-state index in [4.69, 9.17) is 14.7 Å². The van der Waals surface area contributed by atoms with Gasteiger partial charge in [0, 0.05) is 57.0 Å². The van der Waals surface area contributed by atoms with Crippen molar-refractivity contribution >= 4 is 45.9 Å². The molecule has 0 radical (unpaired) electrons. The van der Waals surface area contributed by atoms with Gasteiger partial charge in [0.2, 0.25) is 0 Å². The Morgan fingerprint density at radius 3 is 1.22 bits per heavy atom. The van der Waals surface area contributed by atoms with Crippen LogP contribution in [0.2, 0.25) is 0 Å². The summed E-state index contributed by atoms with van der Waals surface area (Å²) in [5.41, 5.74) is 16.8. The predicted molar refractivity (Wildman–Crippen MR) is 211 cm³/mol. The topological polar surface area (TPSA) is 66.6 Å². The monoisotopic (exact) mass is 658 g/mol. The van der Waals surface area contributed by atoms with Crippen LogP contribution in [-0.4, -0.2) is 33.7 Å². The number of nitrogens with zero attached hydrogens (tertiary/aromatic N) is 2. The highest BCUT2D eigenvalue weighted by molar-refractivity contribution is 6.02. The van der Waals surface area contributed by atoms with Crippen LogP contribution in [-0.2, 0) is 4.74 Å². The molecule has 3 aromatic heterocycles. The van der Waals surface area contributed by atoms with Gasteiger partial charge >= 0.3 is 0 Å². The highest BCUT2D eigenvalue weighted by Crippen LogP contribution is 2.40. The fourth-order valence-electron chi connectivity index (χ4n) is 7.25. The SMILES string of the molecule is COCC1=Cc2nc1c(-c1ccccc1)c1ccc([nH]1)c(-c1ccccc1)c1nc(c(-c3ccccc3)c3ccc([nH]3)c2-c2ccccc2)C=C1. The maximum Gasteiger partial charge on any atom is 0.0792 e. The number of hydrogen-bond acceptors (Lipinski definition) is 3. The van der Waals surface area contributed by atoms with Gasteiger partial charge in [0.15, 0.2) is 0 Å². The van der Waals surface area contributed by atoms with E-state index in [2.05, 4.69) is 150 Å². The van der Waals surface area contributed by atoms with E-state index >= 15 is 0 Å². The van der Waals surface area contributed by atoms with Crippen LogP contribution in [0.5, 0.6) is 0 Å². The van der Waals surface area contributed by atoms with Gasteiger partial charge in [-0.3, -0.25) is 0 Å². The largest absolute Gasteiger partial charge is 0.380 e. The number of H-pyrrole nitrogens is 2. The normalized spacial score (nSPS) is 12.2. The van der Waals surface area contributed by atoms with E-state index in [1.807, 2.05) is 24.3 Å². The van der Waals surface area contributed by atoms with Crippen LogP contribution in [0.4, 0.5) is 0 Å². The van der Waals surface area contributed by atoms with E-state index in [9.17, 15) is 0 Å². The molecule has 0 unspecified atom stereocenters. The smallest absolute Gasteiger partial charge is 0.0792 e. The van der Waals surface area contributed by atoms with E-state index in [0.717, 1.165) is 94.9 Å². The van der Waals surface area contributed by atoms with Gasteiger partial charge in [0.25, 0.3) is 0 Å². The van der Waals surface area contributed by atoms with Crippen molar-refractivity contribution in [3.8, 4) is 44.5 Å². The Hall–Kier alpha value is -6.56. The highest BCUT2D eigenvalue weighted by Gasteiger charge is 2.22. The molecule has 0 fully saturated rings. The number of rotatable bonds is 6. The molecule has 5 heteroatoms. The third-order valence-corrected chi connectivity index (χ3v) is 9.49. The summed E-state index contributed by atoms with van der Waals surface area (Å²) in [6, 6.07) is 50.6. The lowest BCUT2D eigenvalue weighted by Crippen LogP contribution is -1.95. The fourth-order valence-corrected chi connectivity index (χ4v) is 7.25. The Labute approximate surface area is 296 Å². The summed E-state index contributed by atoms with van der Waals surface area (Å²) in [5, 5.41) is 0. The van der Waals surface area contributed by atoms with Crippen molar-refractivity contribution < 1.29 is 4.74 Å². The van der Waals surface area contributed by atoms with Crippen LogP contribution in [0.1, 0.15) is 22.8 Å². The molecular weight excluding hydrogens is 625 g/mol. The molecule has 0 spiro atoms. The average molecular weight is 659 g/mol. The van der Waals surface area contributed by atoms with Gasteiger partial charge in [-0.25, -0.2) is 9.97 Å². The molecule has 0 saturated carbocycles. The average Bonchev–Trinajstić information content (AvgIpc) is 4.01. The first-order valence-corrected chi connectivity index (χ1v) is 17.1. The first-order valence-electron chi connectivity index (χ1n) is 17.1. The number of nitrogens with one attached hydrogen (secondary N) is 2. The van der Waals surface area contributed by atoms with E-state index < -0.39 is 0 Å². The maximum absolute atomic E-state index is 5.83. The van der Waals surface area contributed by atoms with Gasteiger partial charge in [0.1, 0.15) is 0 Å². The second-order valence-electron chi connectivity index (χ2n) is 12.7. The second kappa shape index (κ2) is 13.0. The molecule has 5 nitrogen and oxygen atoms in total. The number of ether oxygens (including phenoxy) is 1. The molecule has 2 aliphatic rings. The Kier molecular flexibility index (Phi) is 7.80. The summed E-state index contributed by atoms with van der Waals surface area (Å²) in [7, 11) is 1.74. The fraction of sp³-hybridized carbons (Fsp3) is 0.0435. The number of methoxy groups -OCH3 is 1. The molecule has 0 aliphatic carbocycles. The lowest BCUT2D eigenvalue weighted by molar-refractivity contribution is 0.240. The summed E-state index contributed by atoms with van der Waals surface area (Å²) < 4.78 is 5.83. The van der Waals surface area contributed by atoms with Crippen LogP contribution in [0, 0.1) is 0 Å². The lowest BCUT2D eigenvalue weighted by atomic mass is 10.00. The molecule has 0 atom stereocenters. The molecular formula is C46H34N4O. The Bertz CT molecular complexity index is 2620. The van der Waals surface area contributed by atoms with Gasteiger partial charge in [-0.1, -0.05) is 121 Å². The van der Waals surface area contributed by atoms with Crippen LogP contribution in [0.3, 0.4) is 0 Å². The molecule has 2 N–H and O–H groups in total. The highest BCUT2D eigenvalue weighted by atomic mass is 16.5. The zero-order valence-corrected chi connectivity index (χ0v) is 28.1. The van der Waals surface area contributed by atoms with Crippen molar-refractivity contribution in [3.63, 3.8) is 0 Å². The van der Waals surface area contributed by atoms with Crippen LogP contribution < -0.4 is 0 Å². The molecule has 0 saturated heterocycles. The zero-order chi connectivity index (χ0) is 34.1. The van der Waals surface area contributed by atoms with Crippen molar-refractivity contribution in [2.45, 2.75) is 0 Å². The third kappa shape index (κ3) is 5.60. The van der Waals surface area contributed by atoms with E-state index in [0.29, 0.717) is 6.61 Å². The molecule has 5 heterocycles. The summed E-state index contributed by atoms with van der Waals surface area (Å²) in [6.07, 6.45) is 6.45. The van der Waals surface area contributed by atoms with Crippen LogP contribution >= 0.6 is 0 Å². The van der Waals surface area contributed by atoms with Gasteiger partial charge in [0.05, 0.1) is 29.4 Å². The first-order chi connectivity index (χ1) is 25.2. The van der Waals surface area contributed by atoms with E-state index in [1.54, 1.807) is 7.11 Å². The third-order valence-electron chi connectivity index (χ3n) is 9.49. The Morgan fingerprint density at radius 2 is 0.804 bits per heavy atom.